The van der Waals surface area contributed by atoms with Crippen molar-refractivity contribution in [1.82, 2.24) is 4.98 Å². The van der Waals surface area contributed by atoms with Gasteiger partial charge in [-0.25, -0.2) is 13.8 Å². The van der Waals surface area contributed by atoms with Crippen molar-refractivity contribution in [2.24, 2.45) is 0 Å². The molecule has 0 saturated carbocycles. The van der Waals surface area contributed by atoms with Crippen molar-refractivity contribution in [2.45, 2.75) is 0 Å². The molecule has 0 aliphatic rings. The first-order valence-corrected chi connectivity index (χ1v) is 7.79. The molecule has 0 fully saturated rings. The van der Waals surface area contributed by atoms with Crippen LogP contribution in [0.2, 0.25) is 0 Å². The summed E-state index contributed by atoms with van der Waals surface area (Å²) in [6, 6.07) is 21.6. The second kappa shape index (κ2) is 6.32. The Labute approximate surface area is 143 Å². The minimum absolute atomic E-state index is 0.313. The number of oxazole rings is 1. The fraction of sp³-hybridized carbons (Fsp3) is 0. The molecule has 4 aromatic rings. The van der Waals surface area contributed by atoms with Crippen molar-refractivity contribution in [1.29, 1.82) is 0 Å². The lowest BCUT2D eigenvalue weighted by Gasteiger charge is -2.01. The number of hydrogen-bond acceptors (Lipinski definition) is 2. The number of aromatic nitrogens is 1. The molecule has 0 aliphatic heterocycles. The van der Waals surface area contributed by atoms with E-state index >= 15 is 0 Å². The largest absolute Gasteiger partial charge is 0.435 e. The van der Waals surface area contributed by atoms with Gasteiger partial charge in [-0.3, -0.25) is 0 Å². The Bertz CT molecular complexity index is 991. The molecule has 1 aromatic heterocycles. The van der Waals surface area contributed by atoms with Crippen molar-refractivity contribution < 1.29 is 13.2 Å². The molecule has 4 rings (SSSR count). The zero-order chi connectivity index (χ0) is 17.2. The van der Waals surface area contributed by atoms with Gasteiger partial charge in [0.2, 0.25) is 5.89 Å². The number of halogens is 2. The van der Waals surface area contributed by atoms with Gasteiger partial charge in [0.1, 0.15) is 17.3 Å². The molecule has 25 heavy (non-hydrogen) atoms. The van der Waals surface area contributed by atoms with Crippen LogP contribution in [0.25, 0.3) is 34.0 Å². The van der Waals surface area contributed by atoms with Crippen LogP contribution in [0, 0.1) is 11.6 Å². The van der Waals surface area contributed by atoms with E-state index in [2.05, 4.69) is 4.98 Å². The van der Waals surface area contributed by atoms with Gasteiger partial charge in [0.05, 0.1) is 0 Å². The number of rotatable bonds is 3. The second-order valence-electron chi connectivity index (χ2n) is 5.58. The van der Waals surface area contributed by atoms with Gasteiger partial charge in [-0.05, 0) is 48.5 Å². The van der Waals surface area contributed by atoms with Gasteiger partial charge >= 0.3 is 0 Å². The summed E-state index contributed by atoms with van der Waals surface area (Å²) < 4.78 is 32.4. The molecular formula is C21H13F2NO. The molecule has 0 spiro atoms. The summed E-state index contributed by atoms with van der Waals surface area (Å²) >= 11 is 0. The van der Waals surface area contributed by atoms with E-state index in [9.17, 15) is 8.78 Å². The second-order valence-corrected chi connectivity index (χ2v) is 5.58. The Morgan fingerprint density at radius 2 is 1.16 bits per heavy atom. The topological polar surface area (TPSA) is 26.0 Å². The Morgan fingerprint density at radius 1 is 0.600 bits per heavy atom. The van der Waals surface area contributed by atoms with Gasteiger partial charge in [0.25, 0.3) is 0 Å². The average Bonchev–Trinajstić information content (AvgIpc) is 3.09. The van der Waals surface area contributed by atoms with Crippen molar-refractivity contribution in [2.75, 3.05) is 0 Å². The van der Waals surface area contributed by atoms with E-state index in [0.717, 1.165) is 11.1 Å². The molecule has 0 radical (unpaired) electrons. The van der Waals surface area contributed by atoms with Crippen LogP contribution in [0.5, 0.6) is 0 Å². The number of hydrogen-bond donors (Lipinski definition) is 0. The summed E-state index contributed by atoms with van der Waals surface area (Å²) in [5, 5.41) is 0. The summed E-state index contributed by atoms with van der Waals surface area (Å²) in [5.74, 6) is 0.342. The van der Waals surface area contributed by atoms with E-state index in [1.54, 1.807) is 24.3 Å². The van der Waals surface area contributed by atoms with Gasteiger partial charge in [-0.2, -0.15) is 0 Å². The monoisotopic (exact) mass is 333 g/mol. The molecule has 0 atom stereocenters. The van der Waals surface area contributed by atoms with Crippen LogP contribution in [0.1, 0.15) is 0 Å². The van der Waals surface area contributed by atoms with E-state index in [0.29, 0.717) is 22.9 Å². The minimum Gasteiger partial charge on any atom is -0.435 e. The SMILES string of the molecule is Fc1ccc(-c2nc(-c3ccc(F)cc3)c(-c3ccccc3)o2)cc1. The fourth-order valence-electron chi connectivity index (χ4n) is 2.62. The predicted octanol–water partition coefficient (Wildman–Crippen LogP) is 5.95. The number of nitrogens with zero attached hydrogens (tertiary/aromatic N) is 1. The van der Waals surface area contributed by atoms with Crippen molar-refractivity contribution in [3.05, 3.63) is 90.5 Å². The molecule has 0 bridgehead atoms. The van der Waals surface area contributed by atoms with E-state index in [-0.39, 0.29) is 11.6 Å². The minimum atomic E-state index is -0.322. The zero-order valence-corrected chi connectivity index (χ0v) is 13.1. The maximum atomic E-state index is 13.3. The number of benzene rings is 3. The first kappa shape index (κ1) is 15.3. The van der Waals surface area contributed by atoms with Crippen molar-refractivity contribution in [3.63, 3.8) is 0 Å². The average molecular weight is 333 g/mol. The third-order valence-electron chi connectivity index (χ3n) is 3.87. The van der Waals surface area contributed by atoms with E-state index in [1.807, 2.05) is 30.3 Å². The van der Waals surface area contributed by atoms with Crippen LogP contribution < -0.4 is 0 Å². The van der Waals surface area contributed by atoms with Gasteiger partial charge in [-0.15, -0.1) is 0 Å². The molecule has 2 nitrogen and oxygen atoms in total. The van der Waals surface area contributed by atoms with Gasteiger partial charge in [-0.1, -0.05) is 30.3 Å². The molecular weight excluding hydrogens is 320 g/mol. The Balaban J connectivity index is 1.89. The first-order valence-electron chi connectivity index (χ1n) is 7.79. The Morgan fingerprint density at radius 3 is 1.76 bits per heavy atom. The van der Waals surface area contributed by atoms with Crippen LogP contribution in [-0.4, -0.2) is 4.98 Å². The fourth-order valence-corrected chi connectivity index (χ4v) is 2.62. The van der Waals surface area contributed by atoms with Gasteiger partial charge in [0, 0.05) is 16.7 Å². The van der Waals surface area contributed by atoms with Gasteiger partial charge < -0.3 is 4.42 Å². The van der Waals surface area contributed by atoms with E-state index in [1.165, 1.54) is 24.3 Å². The van der Waals surface area contributed by atoms with Crippen LogP contribution in [0.4, 0.5) is 8.78 Å². The maximum absolute atomic E-state index is 13.3. The third kappa shape index (κ3) is 3.06. The third-order valence-corrected chi connectivity index (χ3v) is 3.87. The summed E-state index contributed by atoms with van der Waals surface area (Å²) in [4.78, 5) is 4.57. The molecule has 0 saturated heterocycles. The van der Waals surface area contributed by atoms with E-state index < -0.39 is 0 Å². The molecule has 0 N–H and O–H groups in total. The highest BCUT2D eigenvalue weighted by Gasteiger charge is 2.18. The molecule has 4 heteroatoms. The molecule has 0 unspecified atom stereocenters. The highest BCUT2D eigenvalue weighted by Crippen LogP contribution is 2.35. The Hall–Kier alpha value is -3.27. The summed E-state index contributed by atoms with van der Waals surface area (Å²) in [5.41, 5.74) is 2.90. The highest BCUT2D eigenvalue weighted by molar-refractivity contribution is 5.79. The molecule has 3 aromatic carbocycles. The van der Waals surface area contributed by atoms with Crippen molar-refractivity contribution in [3.8, 4) is 34.0 Å². The van der Waals surface area contributed by atoms with Gasteiger partial charge in [0.15, 0.2) is 5.76 Å². The molecule has 0 amide bonds. The lowest BCUT2D eigenvalue weighted by molar-refractivity contribution is 0.588. The van der Waals surface area contributed by atoms with Crippen LogP contribution in [0.3, 0.4) is 0 Å². The lowest BCUT2D eigenvalue weighted by Crippen LogP contribution is -1.83. The van der Waals surface area contributed by atoms with Crippen LogP contribution >= 0.6 is 0 Å². The first-order chi connectivity index (χ1) is 12.2. The Kier molecular flexibility index (Phi) is 3.86. The smallest absolute Gasteiger partial charge is 0.227 e. The lowest BCUT2D eigenvalue weighted by atomic mass is 10.1. The van der Waals surface area contributed by atoms with Crippen molar-refractivity contribution >= 4 is 0 Å². The maximum Gasteiger partial charge on any atom is 0.227 e. The van der Waals surface area contributed by atoms with Crippen LogP contribution in [-0.2, 0) is 0 Å². The summed E-state index contributed by atoms with van der Waals surface area (Å²) in [6.45, 7) is 0. The molecule has 1 heterocycles. The summed E-state index contributed by atoms with van der Waals surface area (Å²) in [7, 11) is 0. The summed E-state index contributed by atoms with van der Waals surface area (Å²) in [6.07, 6.45) is 0. The van der Waals surface area contributed by atoms with E-state index in [4.69, 9.17) is 4.42 Å². The predicted molar refractivity (Wildman–Crippen MR) is 92.7 cm³/mol. The zero-order valence-electron chi connectivity index (χ0n) is 13.1. The van der Waals surface area contributed by atoms with Crippen LogP contribution in [0.15, 0.2) is 83.3 Å². The molecule has 122 valence electrons. The normalized spacial score (nSPS) is 10.8. The molecule has 0 aliphatic carbocycles. The standard InChI is InChI=1S/C21H13F2NO/c22-17-10-6-14(7-11-17)19-20(15-4-2-1-3-5-15)25-21(24-19)16-8-12-18(23)13-9-16/h1-13H. The highest BCUT2D eigenvalue weighted by atomic mass is 19.1. The quantitative estimate of drug-likeness (QED) is 0.463.